The summed E-state index contributed by atoms with van der Waals surface area (Å²) in [5.41, 5.74) is 0.121. The normalized spacial score (nSPS) is 10.5. The van der Waals surface area contributed by atoms with E-state index in [1.54, 1.807) is 0 Å². The van der Waals surface area contributed by atoms with Crippen LogP contribution in [0.5, 0.6) is 0 Å². The van der Waals surface area contributed by atoms with Crippen LogP contribution in [0.15, 0.2) is 18.2 Å². The van der Waals surface area contributed by atoms with E-state index in [2.05, 4.69) is 10.4 Å². The van der Waals surface area contributed by atoms with Crippen LogP contribution in [0.1, 0.15) is 11.4 Å². The van der Waals surface area contributed by atoms with E-state index >= 15 is 0 Å². The molecule has 1 aromatic heterocycles. The summed E-state index contributed by atoms with van der Waals surface area (Å²) in [5.74, 6) is -0.571. The number of rotatable bonds is 5. The number of aromatic nitrogens is 2. The zero-order chi connectivity index (χ0) is 18.0. The van der Waals surface area contributed by atoms with Gasteiger partial charge in [-0.2, -0.15) is 5.10 Å². The van der Waals surface area contributed by atoms with Crippen molar-refractivity contribution in [2.45, 2.75) is 20.4 Å². The summed E-state index contributed by atoms with van der Waals surface area (Å²) in [6.45, 7) is 2.66. The molecule has 126 valence electrons. The van der Waals surface area contributed by atoms with Gasteiger partial charge in [0.1, 0.15) is 17.9 Å². The van der Waals surface area contributed by atoms with Crippen LogP contribution >= 0.6 is 11.6 Å². The molecule has 24 heavy (non-hydrogen) atoms. The summed E-state index contributed by atoms with van der Waals surface area (Å²) < 4.78 is 1.19. The predicted molar refractivity (Wildman–Crippen MR) is 85.1 cm³/mol. The van der Waals surface area contributed by atoms with E-state index in [9.17, 15) is 25.0 Å². The lowest BCUT2D eigenvalue weighted by Crippen LogP contribution is -2.20. The molecule has 1 N–H and O–H groups in total. The van der Waals surface area contributed by atoms with Crippen molar-refractivity contribution in [2.75, 3.05) is 5.32 Å². The third-order valence-electron chi connectivity index (χ3n) is 3.25. The lowest BCUT2D eigenvalue weighted by molar-refractivity contribution is -0.386. The minimum absolute atomic E-state index is 0.0758. The Balaban J connectivity index is 2.20. The van der Waals surface area contributed by atoms with Gasteiger partial charge in [0.2, 0.25) is 5.91 Å². The number of hydrogen-bond acceptors (Lipinski definition) is 6. The van der Waals surface area contributed by atoms with Crippen molar-refractivity contribution in [3.8, 4) is 0 Å². The molecule has 0 unspecified atom stereocenters. The number of halogens is 1. The molecular formula is C13H12ClN5O5. The summed E-state index contributed by atoms with van der Waals surface area (Å²) in [7, 11) is 0. The first kappa shape index (κ1) is 17.3. The Morgan fingerprint density at radius 1 is 1.29 bits per heavy atom. The quantitative estimate of drug-likeness (QED) is 0.648. The van der Waals surface area contributed by atoms with E-state index in [4.69, 9.17) is 11.6 Å². The number of aryl methyl sites for hydroxylation is 1. The lowest BCUT2D eigenvalue weighted by Gasteiger charge is -2.08. The highest BCUT2D eigenvalue weighted by Crippen LogP contribution is 2.27. The van der Waals surface area contributed by atoms with E-state index < -0.39 is 15.8 Å². The fraction of sp³-hybridized carbons (Fsp3) is 0.231. The molecule has 0 saturated carbocycles. The lowest BCUT2D eigenvalue weighted by atomic mass is 10.2. The van der Waals surface area contributed by atoms with Gasteiger partial charge in [0.15, 0.2) is 0 Å². The summed E-state index contributed by atoms with van der Waals surface area (Å²) in [5, 5.41) is 28.2. The molecule has 1 aromatic carbocycles. The number of nitrogens with one attached hydrogen (secondary N) is 1. The first-order valence-electron chi connectivity index (χ1n) is 6.63. The van der Waals surface area contributed by atoms with Crippen LogP contribution in [0.4, 0.5) is 17.1 Å². The number of nitro benzene ring substituents is 1. The van der Waals surface area contributed by atoms with Crippen molar-refractivity contribution < 1.29 is 14.6 Å². The molecule has 2 rings (SSSR count). The second kappa shape index (κ2) is 6.62. The highest BCUT2D eigenvalue weighted by Gasteiger charge is 2.23. The molecule has 0 aliphatic heterocycles. The van der Waals surface area contributed by atoms with E-state index in [-0.39, 0.29) is 40.0 Å². The number of benzene rings is 1. The van der Waals surface area contributed by atoms with Crippen LogP contribution in [0.3, 0.4) is 0 Å². The topological polar surface area (TPSA) is 133 Å². The number of anilines is 1. The van der Waals surface area contributed by atoms with Crippen molar-refractivity contribution >= 4 is 34.6 Å². The Morgan fingerprint density at radius 2 is 1.96 bits per heavy atom. The van der Waals surface area contributed by atoms with E-state index in [0.717, 1.165) is 6.07 Å². The number of non-ortho nitro benzene ring substituents is 1. The number of carbonyl (C=O) groups is 1. The molecular weight excluding hydrogens is 342 g/mol. The van der Waals surface area contributed by atoms with Crippen molar-refractivity contribution in [1.82, 2.24) is 9.78 Å². The van der Waals surface area contributed by atoms with E-state index in [1.807, 2.05) is 0 Å². The molecule has 11 heteroatoms. The Hall–Kier alpha value is -3.01. The number of carbonyl (C=O) groups excluding carboxylic acids is 1. The maximum absolute atomic E-state index is 12.1. The monoisotopic (exact) mass is 353 g/mol. The van der Waals surface area contributed by atoms with Gasteiger partial charge in [0.25, 0.3) is 5.69 Å². The second-order valence-corrected chi connectivity index (χ2v) is 5.31. The molecule has 0 bridgehead atoms. The molecule has 0 radical (unpaired) electrons. The smallest absolute Gasteiger partial charge is 0.312 e. The minimum atomic E-state index is -0.615. The van der Waals surface area contributed by atoms with Gasteiger partial charge in [-0.1, -0.05) is 11.6 Å². The SMILES string of the molecule is Cc1nn(CC(=O)Nc2cc([N+](=O)[O-])ccc2Cl)c(C)c1[N+](=O)[O-]. The van der Waals surface area contributed by atoms with Gasteiger partial charge in [-0.15, -0.1) is 0 Å². The Morgan fingerprint density at radius 3 is 2.50 bits per heavy atom. The average molecular weight is 354 g/mol. The molecule has 10 nitrogen and oxygen atoms in total. The van der Waals surface area contributed by atoms with Crippen LogP contribution in [-0.4, -0.2) is 25.5 Å². The summed E-state index contributed by atoms with van der Waals surface area (Å²) in [6, 6.07) is 3.63. The van der Waals surface area contributed by atoms with Crippen molar-refractivity contribution in [2.24, 2.45) is 0 Å². The molecule has 1 heterocycles. The molecule has 0 saturated heterocycles. The second-order valence-electron chi connectivity index (χ2n) is 4.90. The zero-order valence-corrected chi connectivity index (χ0v) is 13.4. The van der Waals surface area contributed by atoms with Crippen LogP contribution < -0.4 is 5.32 Å². The van der Waals surface area contributed by atoms with Crippen LogP contribution in [0, 0.1) is 34.1 Å². The van der Waals surface area contributed by atoms with Crippen molar-refractivity contribution in [3.05, 3.63) is 54.8 Å². The fourth-order valence-corrected chi connectivity index (χ4v) is 2.32. The van der Waals surface area contributed by atoms with Crippen LogP contribution in [0.25, 0.3) is 0 Å². The maximum atomic E-state index is 12.1. The Kier molecular flexibility index (Phi) is 4.79. The van der Waals surface area contributed by atoms with Gasteiger partial charge >= 0.3 is 5.69 Å². The largest absolute Gasteiger partial charge is 0.323 e. The van der Waals surface area contributed by atoms with Crippen LogP contribution in [0.2, 0.25) is 5.02 Å². The Labute approximate surface area is 140 Å². The van der Waals surface area contributed by atoms with E-state index in [0.29, 0.717) is 0 Å². The molecule has 2 aromatic rings. The Bertz CT molecular complexity index is 848. The minimum Gasteiger partial charge on any atom is -0.323 e. The highest BCUT2D eigenvalue weighted by atomic mass is 35.5. The molecule has 0 aliphatic rings. The van der Waals surface area contributed by atoms with Gasteiger partial charge in [0, 0.05) is 12.1 Å². The van der Waals surface area contributed by atoms with Gasteiger partial charge in [-0.25, -0.2) is 0 Å². The van der Waals surface area contributed by atoms with Gasteiger partial charge in [-0.3, -0.25) is 29.7 Å². The fourth-order valence-electron chi connectivity index (χ4n) is 2.15. The predicted octanol–water partition coefficient (Wildman–Crippen LogP) is 2.61. The average Bonchev–Trinajstić information content (AvgIpc) is 2.75. The summed E-state index contributed by atoms with van der Waals surface area (Å²) in [6.07, 6.45) is 0. The summed E-state index contributed by atoms with van der Waals surface area (Å²) in [4.78, 5) is 32.6. The zero-order valence-electron chi connectivity index (χ0n) is 12.6. The van der Waals surface area contributed by atoms with Gasteiger partial charge < -0.3 is 5.32 Å². The number of amides is 1. The number of nitro groups is 2. The maximum Gasteiger partial charge on any atom is 0.312 e. The van der Waals surface area contributed by atoms with Crippen molar-refractivity contribution in [3.63, 3.8) is 0 Å². The molecule has 0 atom stereocenters. The van der Waals surface area contributed by atoms with Crippen molar-refractivity contribution in [1.29, 1.82) is 0 Å². The highest BCUT2D eigenvalue weighted by molar-refractivity contribution is 6.33. The number of hydrogen-bond donors (Lipinski definition) is 1. The first-order valence-corrected chi connectivity index (χ1v) is 7.00. The van der Waals surface area contributed by atoms with Crippen LogP contribution in [-0.2, 0) is 11.3 Å². The van der Waals surface area contributed by atoms with E-state index in [1.165, 1.54) is 30.7 Å². The molecule has 0 spiro atoms. The number of nitrogens with zero attached hydrogens (tertiary/aromatic N) is 4. The molecule has 1 amide bonds. The summed E-state index contributed by atoms with van der Waals surface area (Å²) >= 11 is 5.90. The standard InChI is InChI=1S/C13H12ClN5O5/c1-7-13(19(23)24)8(2)17(16-7)6-12(20)15-11-5-9(18(21)22)3-4-10(11)14/h3-5H,6H2,1-2H3,(H,15,20). The first-order chi connectivity index (χ1) is 11.2. The van der Waals surface area contributed by atoms with Gasteiger partial charge in [0.05, 0.1) is 20.6 Å². The molecule has 0 fully saturated rings. The van der Waals surface area contributed by atoms with Gasteiger partial charge in [-0.05, 0) is 19.9 Å². The third-order valence-corrected chi connectivity index (χ3v) is 3.58. The third kappa shape index (κ3) is 3.49. The molecule has 0 aliphatic carbocycles.